The summed E-state index contributed by atoms with van der Waals surface area (Å²) in [5, 5.41) is 3.56. The predicted molar refractivity (Wildman–Crippen MR) is 88.3 cm³/mol. The van der Waals surface area contributed by atoms with Crippen LogP contribution in [-0.2, 0) is 11.2 Å². The molecule has 21 heavy (non-hydrogen) atoms. The maximum Gasteiger partial charge on any atom is 0.241 e. The standard InChI is InChI=1S/C17H24N2OS/c1-2-16-18-15(12-13-6-4-3-5-7-13)17(20)19(16)14-8-10-21-11-9-14/h3-7,14-16,18H,2,8-12H2,1H3. The van der Waals surface area contributed by atoms with E-state index in [0.29, 0.717) is 11.9 Å². The van der Waals surface area contributed by atoms with Crippen molar-refractivity contribution in [3.63, 3.8) is 0 Å². The molecule has 2 fully saturated rings. The number of nitrogens with zero attached hydrogens (tertiary/aromatic N) is 1. The van der Waals surface area contributed by atoms with E-state index in [1.165, 1.54) is 17.1 Å². The molecule has 1 N–H and O–H groups in total. The van der Waals surface area contributed by atoms with Crippen LogP contribution in [0.5, 0.6) is 0 Å². The Labute approximate surface area is 131 Å². The molecule has 0 aliphatic carbocycles. The Bertz CT molecular complexity index is 473. The first kappa shape index (κ1) is 14.9. The van der Waals surface area contributed by atoms with Gasteiger partial charge in [-0.2, -0.15) is 11.8 Å². The topological polar surface area (TPSA) is 32.3 Å². The number of amides is 1. The van der Waals surface area contributed by atoms with Crippen LogP contribution in [0.3, 0.4) is 0 Å². The Morgan fingerprint density at radius 3 is 2.62 bits per heavy atom. The SMILES string of the molecule is CCC1NC(Cc2ccccc2)C(=O)N1C1CCSCC1. The van der Waals surface area contributed by atoms with Crippen molar-refractivity contribution in [1.82, 2.24) is 10.2 Å². The zero-order chi connectivity index (χ0) is 14.7. The van der Waals surface area contributed by atoms with E-state index in [2.05, 4.69) is 29.3 Å². The average Bonchev–Trinajstić information content (AvgIpc) is 2.85. The Kier molecular flexibility index (Phi) is 4.86. The minimum Gasteiger partial charge on any atom is -0.323 e. The molecule has 2 aliphatic heterocycles. The van der Waals surface area contributed by atoms with E-state index in [1.54, 1.807) is 0 Å². The van der Waals surface area contributed by atoms with Gasteiger partial charge in [0.25, 0.3) is 0 Å². The molecule has 0 radical (unpaired) electrons. The minimum atomic E-state index is -0.0491. The third-order valence-electron chi connectivity index (χ3n) is 4.54. The molecule has 0 spiro atoms. The van der Waals surface area contributed by atoms with E-state index >= 15 is 0 Å². The van der Waals surface area contributed by atoms with Gasteiger partial charge in [-0.05, 0) is 42.8 Å². The minimum absolute atomic E-state index is 0.0491. The van der Waals surface area contributed by atoms with Gasteiger partial charge in [-0.15, -0.1) is 0 Å². The van der Waals surface area contributed by atoms with Crippen molar-refractivity contribution in [2.24, 2.45) is 0 Å². The van der Waals surface area contributed by atoms with E-state index in [9.17, 15) is 4.79 Å². The van der Waals surface area contributed by atoms with Crippen LogP contribution in [0.2, 0.25) is 0 Å². The van der Waals surface area contributed by atoms with E-state index < -0.39 is 0 Å². The largest absolute Gasteiger partial charge is 0.323 e. The fourth-order valence-electron chi connectivity index (χ4n) is 3.43. The molecule has 3 rings (SSSR count). The number of thioether (sulfide) groups is 1. The third-order valence-corrected chi connectivity index (χ3v) is 5.58. The zero-order valence-electron chi connectivity index (χ0n) is 12.6. The van der Waals surface area contributed by atoms with Gasteiger partial charge >= 0.3 is 0 Å². The first-order valence-corrected chi connectivity index (χ1v) is 9.15. The summed E-state index contributed by atoms with van der Waals surface area (Å²) in [6, 6.07) is 10.7. The van der Waals surface area contributed by atoms with Crippen LogP contribution in [0.4, 0.5) is 0 Å². The van der Waals surface area contributed by atoms with E-state index in [1.807, 2.05) is 30.0 Å². The van der Waals surface area contributed by atoms with Crippen molar-refractivity contribution in [1.29, 1.82) is 0 Å². The Hall–Kier alpha value is -1.00. The number of carbonyl (C=O) groups excluding carboxylic acids is 1. The molecule has 3 nitrogen and oxygen atoms in total. The molecule has 1 aromatic carbocycles. The summed E-state index contributed by atoms with van der Waals surface area (Å²) < 4.78 is 0. The second-order valence-corrected chi connectivity index (χ2v) is 7.15. The highest BCUT2D eigenvalue weighted by molar-refractivity contribution is 7.99. The van der Waals surface area contributed by atoms with E-state index in [-0.39, 0.29) is 12.2 Å². The molecule has 2 heterocycles. The van der Waals surface area contributed by atoms with Crippen LogP contribution in [-0.4, -0.2) is 40.6 Å². The summed E-state index contributed by atoms with van der Waals surface area (Å²) in [5.41, 5.74) is 1.24. The molecule has 0 bridgehead atoms. The Morgan fingerprint density at radius 1 is 1.24 bits per heavy atom. The van der Waals surface area contributed by atoms with Gasteiger partial charge in [0, 0.05) is 6.04 Å². The lowest BCUT2D eigenvalue weighted by Crippen LogP contribution is -2.45. The molecule has 0 saturated carbocycles. The number of hydrogen-bond donors (Lipinski definition) is 1. The fourth-order valence-corrected chi connectivity index (χ4v) is 4.51. The lowest BCUT2D eigenvalue weighted by atomic mass is 10.0. The highest BCUT2D eigenvalue weighted by Crippen LogP contribution is 2.28. The number of nitrogens with one attached hydrogen (secondary N) is 1. The van der Waals surface area contributed by atoms with Crippen molar-refractivity contribution < 1.29 is 4.79 Å². The maximum atomic E-state index is 12.8. The highest BCUT2D eigenvalue weighted by atomic mass is 32.2. The summed E-state index contributed by atoms with van der Waals surface area (Å²) in [6.07, 6.45) is 4.30. The highest BCUT2D eigenvalue weighted by Gasteiger charge is 2.41. The van der Waals surface area contributed by atoms with Gasteiger partial charge in [0.2, 0.25) is 5.91 Å². The van der Waals surface area contributed by atoms with Crippen molar-refractivity contribution in [3.8, 4) is 0 Å². The van der Waals surface area contributed by atoms with Crippen LogP contribution in [0.15, 0.2) is 30.3 Å². The molecule has 2 saturated heterocycles. The molecule has 2 aliphatic rings. The molecule has 1 amide bonds. The van der Waals surface area contributed by atoms with Crippen LogP contribution in [0.25, 0.3) is 0 Å². The predicted octanol–water partition coefficient (Wildman–Crippen LogP) is 2.66. The van der Waals surface area contributed by atoms with Crippen LogP contribution >= 0.6 is 11.8 Å². The number of rotatable bonds is 4. The fraction of sp³-hybridized carbons (Fsp3) is 0.588. The average molecular weight is 304 g/mol. The Morgan fingerprint density at radius 2 is 1.95 bits per heavy atom. The number of benzene rings is 1. The van der Waals surface area contributed by atoms with Gasteiger partial charge in [0.05, 0.1) is 12.2 Å². The summed E-state index contributed by atoms with van der Waals surface area (Å²) in [5.74, 6) is 2.69. The van der Waals surface area contributed by atoms with E-state index in [0.717, 1.165) is 25.7 Å². The molecular weight excluding hydrogens is 280 g/mol. The summed E-state index contributed by atoms with van der Waals surface area (Å²) in [4.78, 5) is 15.0. The monoisotopic (exact) mass is 304 g/mol. The first-order valence-electron chi connectivity index (χ1n) is 7.99. The third kappa shape index (κ3) is 3.27. The van der Waals surface area contributed by atoms with Crippen molar-refractivity contribution in [3.05, 3.63) is 35.9 Å². The number of carbonyl (C=O) groups is 1. The zero-order valence-corrected chi connectivity index (χ0v) is 13.4. The summed E-state index contributed by atoms with van der Waals surface area (Å²) >= 11 is 2.01. The van der Waals surface area contributed by atoms with Crippen LogP contribution < -0.4 is 5.32 Å². The molecule has 114 valence electrons. The van der Waals surface area contributed by atoms with Crippen molar-refractivity contribution in [2.75, 3.05) is 11.5 Å². The molecular formula is C17H24N2OS. The second-order valence-electron chi connectivity index (χ2n) is 5.92. The first-order chi connectivity index (χ1) is 10.3. The molecule has 1 aromatic rings. The van der Waals surface area contributed by atoms with Gasteiger partial charge in [0.15, 0.2) is 0 Å². The van der Waals surface area contributed by atoms with Crippen molar-refractivity contribution >= 4 is 17.7 Å². The molecule has 0 aromatic heterocycles. The van der Waals surface area contributed by atoms with Crippen LogP contribution in [0.1, 0.15) is 31.7 Å². The lowest BCUT2D eigenvalue weighted by Gasteiger charge is -2.34. The van der Waals surface area contributed by atoms with Crippen molar-refractivity contribution in [2.45, 2.75) is 50.9 Å². The van der Waals surface area contributed by atoms with Gasteiger partial charge in [-0.3, -0.25) is 10.1 Å². The molecule has 2 unspecified atom stereocenters. The van der Waals surface area contributed by atoms with Gasteiger partial charge in [0.1, 0.15) is 0 Å². The quantitative estimate of drug-likeness (QED) is 0.928. The normalized spacial score (nSPS) is 27.3. The van der Waals surface area contributed by atoms with Gasteiger partial charge in [-0.1, -0.05) is 37.3 Å². The smallest absolute Gasteiger partial charge is 0.241 e. The Balaban J connectivity index is 1.71. The summed E-state index contributed by atoms with van der Waals surface area (Å²) in [7, 11) is 0. The van der Waals surface area contributed by atoms with E-state index in [4.69, 9.17) is 0 Å². The molecule has 4 heteroatoms. The summed E-state index contributed by atoms with van der Waals surface area (Å²) in [6.45, 7) is 2.17. The van der Waals surface area contributed by atoms with Crippen LogP contribution in [0, 0.1) is 0 Å². The molecule has 2 atom stereocenters. The van der Waals surface area contributed by atoms with Gasteiger partial charge in [-0.25, -0.2) is 0 Å². The second kappa shape index (κ2) is 6.84. The maximum absolute atomic E-state index is 12.8. The lowest BCUT2D eigenvalue weighted by molar-refractivity contribution is -0.132. The number of hydrogen-bond acceptors (Lipinski definition) is 3. The van der Waals surface area contributed by atoms with Gasteiger partial charge < -0.3 is 4.90 Å².